The van der Waals surface area contributed by atoms with Crippen molar-refractivity contribution in [2.24, 2.45) is 0 Å². The van der Waals surface area contributed by atoms with Gasteiger partial charge in [0, 0.05) is 5.56 Å². The predicted molar refractivity (Wildman–Crippen MR) is 55.1 cm³/mol. The van der Waals surface area contributed by atoms with Crippen molar-refractivity contribution in [1.82, 2.24) is 0 Å². The van der Waals surface area contributed by atoms with Crippen LogP contribution in [0.3, 0.4) is 0 Å². The number of hydrogen-bond donors (Lipinski definition) is 2. The first-order valence-corrected chi connectivity index (χ1v) is 4.41. The van der Waals surface area contributed by atoms with Crippen LogP contribution in [0.2, 0.25) is 0 Å². The minimum absolute atomic E-state index is 0.0290. The second-order valence-electron chi connectivity index (χ2n) is 2.94. The highest BCUT2D eigenvalue weighted by Crippen LogP contribution is 2.30. The van der Waals surface area contributed by atoms with E-state index in [0.29, 0.717) is 12.0 Å². The van der Waals surface area contributed by atoms with E-state index in [9.17, 15) is 9.90 Å². The molecular weight excluding hydrogens is 196 g/mol. The van der Waals surface area contributed by atoms with Gasteiger partial charge in [0.15, 0.2) is 18.1 Å². The van der Waals surface area contributed by atoms with Crippen molar-refractivity contribution in [2.75, 3.05) is 6.61 Å². The lowest BCUT2D eigenvalue weighted by molar-refractivity contribution is -0.139. The number of phenolic OH excluding ortho intramolecular Hbond substituents is 1. The van der Waals surface area contributed by atoms with Gasteiger partial charge in [0.1, 0.15) is 0 Å². The Hall–Kier alpha value is -1.97. The fraction of sp³-hybridized carbons (Fsp3) is 0.182. The molecule has 0 unspecified atom stereocenters. The Morgan fingerprint density at radius 1 is 1.53 bits per heavy atom. The number of aliphatic carboxylic acids is 1. The van der Waals surface area contributed by atoms with Crippen LogP contribution in [0, 0.1) is 0 Å². The number of aromatic hydroxyl groups is 1. The number of rotatable bonds is 5. The van der Waals surface area contributed by atoms with E-state index in [2.05, 4.69) is 6.58 Å². The van der Waals surface area contributed by atoms with Gasteiger partial charge < -0.3 is 14.9 Å². The largest absolute Gasteiger partial charge is 0.504 e. The molecule has 0 atom stereocenters. The maximum Gasteiger partial charge on any atom is 0.341 e. The molecule has 0 aliphatic carbocycles. The topological polar surface area (TPSA) is 66.8 Å². The van der Waals surface area contributed by atoms with Crippen LogP contribution < -0.4 is 4.74 Å². The van der Waals surface area contributed by atoms with Crippen molar-refractivity contribution in [3.8, 4) is 11.5 Å². The summed E-state index contributed by atoms with van der Waals surface area (Å²) in [5.74, 6) is -0.932. The van der Waals surface area contributed by atoms with E-state index in [0.717, 1.165) is 0 Å². The van der Waals surface area contributed by atoms with Crippen molar-refractivity contribution < 1.29 is 19.7 Å². The average molecular weight is 208 g/mol. The molecule has 2 N–H and O–H groups in total. The summed E-state index contributed by atoms with van der Waals surface area (Å²) < 4.78 is 4.90. The molecular formula is C11H12O4. The van der Waals surface area contributed by atoms with E-state index in [4.69, 9.17) is 9.84 Å². The molecule has 80 valence electrons. The minimum Gasteiger partial charge on any atom is -0.504 e. The molecule has 0 aliphatic heterocycles. The number of carbonyl (C=O) groups is 1. The summed E-state index contributed by atoms with van der Waals surface area (Å²) in [6.45, 7) is 3.09. The Kier molecular flexibility index (Phi) is 3.74. The molecule has 0 spiro atoms. The van der Waals surface area contributed by atoms with E-state index in [1.54, 1.807) is 18.2 Å². The zero-order valence-electron chi connectivity index (χ0n) is 8.14. The van der Waals surface area contributed by atoms with Crippen molar-refractivity contribution in [3.63, 3.8) is 0 Å². The predicted octanol–water partition coefficient (Wildman–Crippen LogP) is 1.58. The van der Waals surface area contributed by atoms with E-state index in [1.807, 2.05) is 0 Å². The van der Waals surface area contributed by atoms with Gasteiger partial charge in [-0.25, -0.2) is 4.79 Å². The third-order valence-electron chi connectivity index (χ3n) is 1.80. The van der Waals surface area contributed by atoms with Crippen LogP contribution in [0.25, 0.3) is 0 Å². The number of benzene rings is 1. The van der Waals surface area contributed by atoms with Crippen LogP contribution in [-0.4, -0.2) is 22.8 Å². The lowest BCUT2D eigenvalue weighted by atomic mass is 10.1. The third kappa shape index (κ3) is 3.02. The van der Waals surface area contributed by atoms with Crippen molar-refractivity contribution in [2.45, 2.75) is 6.42 Å². The quantitative estimate of drug-likeness (QED) is 0.721. The Balaban J connectivity index is 2.83. The summed E-state index contributed by atoms with van der Waals surface area (Å²) in [6, 6.07) is 4.94. The number of carboxylic acids is 1. The van der Waals surface area contributed by atoms with Crippen LogP contribution in [-0.2, 0) is 11.2 Å². The maximum absolute atomic E-state index is 10.3. The van der Waals surface area contributed by atoms with Gasteiger partial charge in [-0.1, -0.05) is 18.2 Å². The Morgan fingerprint density at radius 3 is 2.87 bits per heavy atom. The minimum atomic E-state index is -1.08. The van der Waals surface area contributed by atoms with E-state index in [-0.39, 0.29) is 11.5 Å². The first-order chi connectivity index (χ1) is 7.15. The highest BCUT2D eigenvalue weighted by atomic mass is 16.5. The summed E-state index contributed by atoms with van der Waals surface area (Å²) in [6.07, 6.45) is 2.16. The van der Waals surface area contributed by atoms with Crippen LogP contribution in [0.4, 0.5) is 0 Å². The molecule has 0 saturated heterocycles. The monoisotopic (exact) mass is 208 g/mol. The van der Waals surface area contributed by atoms with Gasteiger partial charge in [-0.3, -0.25) is 0 Å². The normalized spacial score (nSPS) is 9.60. The molecule has 0 aliphatic rings. The number of hydrogen-bond acceptors (Lipinski definition) is 3. The Bertz CT molecular complexity index is 371. The summed E-state index contributed by atoms with van der Waals surface area (Å²) in [7, 11) is 0. The number of phenols is 1. The van der Waals surface area contributed by atoms with E-state index >= 15 is 0 Å². The van der Waals surface area contributed by atoms with Gasteiger partial charge in [0.2, 0.25) is 0 Å². The number of carboxylic acid groups (broad SMARTS) is 1. The fourth-order valence-electron chi connectivity index (χ4n) is 1.14. The van der Waals surface area contributed by atoms with Gasteiger partial charge in [-0.15, -0.1) is 6.58 Å². The second-order valence-corrected chi connectivity index (χ2v) is 2.94. The molecule has 0 bridgehead atoms. The van der Waals surface area contributed by atoms with Crippen molar-refractivity contribution in [3.05, 3.63) is 36.4 Å². The summed E-state index contributed by atoms with van der Waals surface area (Å²) in [5, 5.41) is 18.1. The standard InChI is InChI=1S/C11H12O4/c1-2-4-8-5-3-6-9(11(8)14)15-7-10(12)13/h2-3,5-6,14H,1,4,7H2,(H,12,13). The van der Waals surface area contributed by atoms with E-state index in [1.165, 1.54) is 6.07 Å². The SMILES string of the molecule is C=CCc1cccc(OCC(=O)O)c1O. The lowest BCUT2D eigenvalue weighted by Gasteiger charge is -2.08. The molecule has 0 radical (unpaired) electrons. The molecule has 15 heavy (non-hydrogen) atoms. The maximum atomic E-state index is 10.3. The summed E-state index contributed by atoms with van der Waals surface area (Å²) >= 11 is 0. The first kappa shape index (κ1) is 11.1. The number of para-hydroxylation sites is 1. The van der Waals surface area contributed by atoms with Crippen molar-refractivity contribution >= 4 is 5.97 Å². The highest BCUT2D eigenvalue weighted by Gasteiger charge is 2.08. The second kappa shape index (κ2) is 5.05. The molecule has 4 nitrogen and oxygen atoms in total. The van der Waals surface area contributed by atoms with Gasteiger partial charge in [-0.05, 0) is 12.5 Å². The molecule has 1 aromatic carbocycles. The number of ether oxygens (including phenoxy) is 1. The zero-order chi connectivity index (χ0) is 11.3. The lowest BCUT2D eigenvalue weighted by Crippen LogP contribution is -2.09. The van der Waals surface area contributed by atoms with Gasteiger partial charge in [0.05, 0.1) is 0 Å². The zero-order valence-corrected chi connectivity index (χ0v) is 8.14. The van der Waals surface area contributed by atoms with Gasteiger partial charge in [-0.2, -0.15) is 0 Å². The Morgan fingerprint density at radius 2 is 2.27 bits per heavy atom. The first-order valence-electron chi connectivity index (χ1n) is 4.41. The average Bonchev–Trinajstić information content (AvgIpc) is 2.19. The van der Waals surface area contributed by atoms with Crippen LogP contribution >= 0.6 is 0 Å². The fourth-order valence-corrected chi connectivity index (χ4v) is 1.14. The summed E-state index contributed by atoms with van der Waals surface area (Å²) in [5.41, 5.74) is 0.660. The van der Waals surface area contributed by atoms with Gasteiger partial charge >= 0.3 is 5.97 Å². The van der Waals surface area contributed by atoms with Gasteiger partial charge in [0.25, 0.3) is 0 Å². The van der Waals surface area contributed by atoms with Crippen molar-refractivity contribution in [1.29, 1.82) is 0 Å². The Labute approximate surface area is 87.4 Å². The molecule has 4 heteroatoms. The molecule has 0 fully saturated rings. The molecule has 1 aromatic rings. The smallest absolute Gasteiger partial charge is 0.341 e. The third-order valence-corrected chi connectivity index (χ3v) is 1.80. The van der Waals surface area contributed by atoms with Crippen LogP contribution in [0.15, 0.2) is 30.9 Å². The summed E-state index contributed by atoms with van der Waals surface area (Å²) in [4.78, 5) is 10.3. The van der Waals surface area contributed by atoms with E-state index < -0.39 is 12.6 Å². The van der Waals surface area contributed by atoms with Crippen LogP contribution in [0.1, 0.15) is 5.56 Å². The molecule has 0 aromatic heterocycles. The molecule has 0 saturated carbocycles. The number of allylic oxidation sites excluding steroid dienone is 1. The molecule has 1 rings (SSSR count). The molecule has 0 heterocycles. The van der Waals surface area contributed by atoms with Crippen LogP contribution in [0.5, 0.6) is 11.5 Å². The molecule has 0 amide bonds. The highest BCUT2D eigenvalue weighted by molar-refractivity contribution is 5.68.